The van der Waals surface area contributed by atoms with Gasteiger partial charge in [0.05, 0.1) is 15.6 Å². The number of hydrogen-bond donors (Lipinski definition) is 0. The molecular formula is C26H31Br2NO3. The fraction of sp³-hybridized carbons (Fsp3) is 0.538. The Hall–Kier alpha value is -1.40. The number of Topliss-reactive ketones (excluding diaryl/α,β-unsaturated/α-hetero) is 2. The van der Waals surface area contributed by atoms with Crippen molar-refractivity contribution in [3.8, 4) is 5.75 Å². The van der Waals surface area contributed by atoms with Gasteiger partial charge >= 0.3 is 0 Å². The van der Waals surface area contributed by atoms with Crippen molar-refractivity contribution >= 4 is 43.4 Å². The number of halogens is 2. The molecule has 0 amide bonds. The predicted molar refractivity (Wildman–Crippen MR) is 134 cm³/mol. The SMILES string of the molecule is CCOc1c(Br)cc(C2C3=C(CC(C)(C)CC3=O)N(C)C3=C2C(=O)CC(C)(C)C3)cc1Br. The molecule has 4 nitrogen and oxygen atoms in total. The highest BCUT2D eigenvalue weighted by Crippen LogP contribution is 2.54. The zero-order chi connectivity index (χ0) is 23.6. The molecule has 0 fully saturated rings. The van der Waals surface area contributed by atoms with Crippen LogP contribution in [0.2, 0.25) is 0 Å². The summed E-state index contributed by atoms with van der Waals surface area (Å²) < 4.78 is 7.41. The molecule has 32 heavy (non-hydrogen) atoms. The first-order valence-corrected chi connectivity index (χ1v) is 12.8. The lowest BCUT2D eigenvalue weighted by Gasteiger charge is -2.48. The zero-order valence-corrected chi connectivity index (χ0v) is 22.9. The second kappa shape index (κ2) is 8.12. The van der Waals surface area contributed by atoms with E-state index in [1.54, 1.807) is 0 Å². The Kier molecular flexibility index (Phi) is 6.03. The first-order chi connectivity index (χ1) is 14.8. The Bertz CT molecular complexity index is 1000. The normalized spacial score (nSPS) is 22.8. The number of hydrogen-bond acceptors (Lipinski definition) is 4. The molecule has 0 aromatic heterocycles. The van der Waals surface area contributed by atoms with E-state index in [1.807, 2.05) is 26.1 Å². The third kappa shape index (κ3) is 4.02. The van der Waals surface area contributed by atoms with Crippen LogP contribution in [0.3, 0.4) is 0 Å². The van der Waals surface area contributed by atoms with E-state index in [2.05, 4.69) is 64.5 Å². The molecule has 1 aromatic rings. The Morgan fingerprint density at radius 2 is 1.34 bits per heavy atom. The molecule has 0 radical (unpaired) electrons. The van der Waals surface area contributed by atoms with E-state index in [0.717, 1.165) is 55.6 Å². The summed E-state index contributed by atoms with van der Waals surface area (Å²) in [7, 11) is 2.04. The van der Waals surface area contributed by atoms with E-state index < -0.39 is 0 Å². The molecular weight excluding hydrogens is 534 g/mol. The summed E-state index contributed by atoms with van der Waals surface area (Å²) in [5.41, 5.74) is 4.48. The van der Waals surface area contributed by atoms with E-state index in [4.69, 9.17) is 4.74 Å². The smallest absolute Gasteiger partial charge is 0.162 e. The summed E-state index contributed by atoms with van der Waals surface area (Å²) in [6, 6.07) is 4.03. The van der Waals surface area contributed by atoms with Crippen LogP contribution in [0.15, 0.2) is 43.6 Å². The van der Waals surface area contributed by atoms with Crippen molar-refractivity contribution in [2.75, 3.05) is 13.7 Å². The number of ketones is 2. The van der Waals surface area contributed by atoms with Gasteiger partial charge in [0.1, 0.15) is 5.75 Å². The maximum absolute atomic E-state index is 13.6. The first kappa shape index (κ1) is 23.7. The van der Waals surface area contributed by atoms with Crippen molar-refractivity contribution in [1.82, 2.24) is 4.90 Å². The number of ether oxygens (including phenoxy) is 1. The van der Waals surface area contributed by atoms with Crippen LogP contribution >= 0.6 is 31.9 Å². The summed E-state index contributed by atoms with van der Waals surface area (Å²) >= 11 is 7.31. The molecule has 1 aliphatic heterocycles. The zero-order valence-electron chi connectivity index (χ0n) is 19.7. The fourth-order valence-corrected chi connectivity index (χ4v) is 6.98. The first-order valence-electron chi connectivity index (χ1n) is 11.2. The Balaban J connectivity index is 1.97. The molecule has 1 heterocycles. The standard InChI is InChI=1S/C26H31Br2NO3/c1-7-32-24-15(27)8-14(9-16(24)28)21-22-17(10-25(2,3)12-19(22)30)29(6)18-11-26(4,5)13-20(31)23(18)21/h8-9,21H,7,10-13H2,1-6H3. The van der Waals surface area contributed by atoms with Crippen molar-refractivity contribution in [1.29, 1.82) is 0 Å². The maximum Gasteiger partial charge on any atom is 0.162 e. The number of allylic oxidation sites excluding steroid dienone is 4. The summed E-state index contributed by atoms with van der Waals surface area (Å²) in [5, 5.41) is 0. The minimum absolute atomic E-state index is 0.0963. The van der Waals surface area contributed by atoms with Gasteiger partial charge in [-0.1, -0.05) is 27.7 Å². The Morgan fingerprint density at radius 3 is 1.75 bits per heavy atom. The minimum Gasteiger partial charge on any atom is -0.492 e. The maximum atomic E-state index is 13.6. The summed E-state index contributed by atoms with van der Waals surface area (Å²) in [4.78, 5) is 29.3. The van der Waals surface area contributed by atoms with Gasteiger partial charge in [-0.2, -0.15) is 0 Å². The summed E-state index contributed by atoms with van der Waals surface area (Å²) in [6.07, 6.45) is 2.65. The van der Waals surface area contributed by atoms with Crippen molar-refractivity contribution in [3.63, 3.8) is 0 Å². The van der Waals surface area contributed by atoms with E-state index in [-0.39, 0.29) is 28.3 Å². The van der Waals surface area contributed by atoms with Crippen molar-refractivity contribution in [2.24, 2.45) is 10.8 Å². The number of rotatable bonds is 3. The van der Waals surface area contributed by atoms with E-state index in [9.17, 15) is 9.59 Å². The van der Waals surface area contributed by atoms with Gasteiger partial charge in [-0.3, -0.25) is 9.59 Å². The minimum atomic E-state index is -0.341. The van der Waals surface area contributed by atoms with Crippen molar-refractivity contribution in [2.45, 2.75) is 66.2 Å². The predicted octanol–water partition coefficient (Wildman–Crippen LogP) is 6.93. The highest BCUT2D eigenvalue weighted by Gasteiger charge is 2.48. The third-order valence-electron chi connectivity index (χ3n) is 6.82. The van der Waals surface area contributed by atoms with E-state index >= 15 is 0 Å². The average molecular weight is 565 g/mol. The van der Waals surface area contributed by atoms with Crippen LogP contribution < -0.4 is 4.74 Å². The van der Waals surface area contributed by atoms with Gasteiger partial charge in [0.2, 0.25) is 0 Å². The average Bonchev–Trinajstić information content (AvgIpc) is 2.64. The fourth-order valence-electron chi connectivity index (χ4n) is 5.53. The highest BCUT2D eigenvalue weighted by atomic mass is 79.9. The van der Waals surface area contributed by atoms with E-state index in [0.29, 0.717) is 19.4 Å². The van der Waals surface area contributed by atoms with Gasteiger partial charge in [-0.25, -0.2) is 0 Å². The highest BCUT2D eigenvalue weighted by molar-refractivity contribution is 9.11. The largest absolute Gasteiger partial charge is 0.492 e. The van der Waals surface area contributed by atoms with Crippen LogP contribution in [0.25, 0.3) is 0 Å². The van der Waals surface area contributed by atoms with Gasteiger partial charge < -0.3 is 9.64 Å². The van der Waals surface area contributed by atoms with Crippen LogP contribution in [0, 0.1) is 10.8 Å². The molecule has 3 aliphatic rings. The Labute approximate surface area is 207 Å². The summed E-state index contributed by atoms with van der Waals surface area (Å²) in [5.74, 6) is 0.697. The molecule has 2 aliphatic carbocycles. The van der Waals surface area contributed by atoms with E-state index in [1.165, 1.54) is 0 Å². The lowest BCUT2D eigenvalue weighted by molar-refractivity contribution is -0.119. The molecule has 0 saturated heterocycles. The second-order valence-electron chi connectivity index (χ2n) is 10.8. The molecule has 0 unspecified atom stereocenters. The molecule has 0 spiro atoms. The van der Waals surface area contributed by atoms with Crippen LogP contribution in [0.4, 0.5) is 0 Å². The van der Waals surface area contributed by atoms with Crippen LogP contribution in [-0.2, 0) is 9.59 Å². The lowest BCUT2D eigenvalue weighted by atomic mass is 9.64. The van der Waals surface area contributed by atoms with Crippen molar-refractivity contribution < 1.29 is 14.3 Å². The van der Waals surface area contributed by atoms with Gasteiger partial charge in [-0.15, -0.1) is 0 Å². The second-order valence-corrected chi connectivity index (χ2v) is 12.6. The number of benzene rings is 1. The van der Waals surface area contributed by atoms with Crippen molar-refractivity contribution in [3.05, 3.63) is 49.2 Å². The molecule has 0 atom stereocenters. The molecule has 1 aromatic carbocycles. The molecule has 0 bridgehead atoms. The molecule has 0 saturated carbocycles. The van der Waals surface area contributed by atoms with Crippen LogP contribution in [0.1, 0.15) is 71.8 Å². The van der Waals surface area contributed by atoms with Gasteiger partial charge in [0.15, 0.2) is 11.6 Å². The van der Waals surface area contributed by atoms with Crippen LogP contribution in [-0.4, -0.2) is 30.1 Å². The number of carbonyl (C=O) groups excluding carboxylic acids is 2. The van der Waals surface area contributed by atoms with Gasteiger partial charge in [0, 0.05) is 48.3 Å². The number of carbonyl (C=O) groups is 2. The molecule has 0 N–H and O–H groups in total. The third-order valence-corrected chi connectivity index (χ3v) is 8.00. The molecule has 4 rings (SSSR count). The van der Waals surface area contributed by atoms with Gasteiger partial charge in [-0.05, 0) is 80.2 Å². The summed E-state index contributed by atoms with van der Waals surface area (Å²) in [6.45, 7) is 11.1. The lowest BCUT2D eigenvalue weighted by Crippen LogP contribution is -2.43. The number of nitrogens with zero attached hydrogens (tertiary/aromatic N) is 1. The van der Waals surface area contributed by atoms with Gasteiger partial charge in [0.25, 0.3) is 0 Å². The molecule has 172 valence electrons. The Morgan fingerprint density at radius 1 is 0.906 bits per heavy atom. The monoisotopic (exact) mass is 563 g/mol. The quantitative estimate of drug-likeness (QED) is 0.399. The van der Waals surface area contributed by atoms with Crippen LogP contribution in [0.5, 0.6) is 5.75 Å². The topological polar surface area (TPSA) is 46.6 Å². The molecule has 6 heteroatoms.